The number of amides is 4. The van der Waals surface area contributed by atoms with E-state index in [1.165, 1.54) is 0 Å². The lowest BCUT2D eigenvalue weighted by Crippen LogP contribution is -2.75. The van der Waals surface area contributed by atoms with Gasteiger partial charge in [-0.3, -0.25) is 20.2 Å². The first-order valence-corrected chi connectivity index (χ1v) is 10.9. The van der Waals surface area contributed by atoms with Gasteiger partial charge in [0.1, 0.15) is 0 Å². The van der Waals surface area contributed by atoms with Gasteiger partial charge in [-0.15, -0.1) is 0 Å². The molecule has 0 bridgehead atoms. The summed E-state index contributed by atoms with van der Waals surface area (Å²) in [5.74, 6) is -1.09. The maximum Gasteiger partial charge on any atom is 0.328 e. The molecule has 1 spiro atoms. The van der Waals surface area contributed by atoms with Crippen LogP contribution in [-0.4, -0.2) is 80.8 Å². The third-order valence-electron chi connectivity index (χ3n) is 7.16. The maximum absolute atomic E-state index is 13.2. The first-order chi connectivity index (χ1) is 14.8. The van der Waals surface area contributed by atoms with Crippen molar-refractivity contribution in [3.8, 4) is 0 Å². The Kier molecular flexibility index (Phi) is 4.71. The molecule has 9 heteroatoms. The Morgan fingerprint density at radius 3 is 2.39 bits per heavy atom. The van der Waals surface area contributed by atoms with Gasteiger partial charge in [-0.25, -0.2) is 4.79 Å². The molecule has 4 amide bonds. The minimum Gasteiger partial charge on any atom is -0.372 e. The second-order valence-electron chi connectivity index (χ2n) is 9.24. The van der Waals surface area contributed by atoms with Gasteiger partial charge in [0.2, 0.25) is 11.8 Å². The topological polar surface area (TPSA) is 94.2 Å². The molecule has 4 heterocycles. The van der Waals surface area contributed by atoms with Gasteiger partial charge >= 0.3 is 6.03 Å². The molecule has 1 aromatic rings. The molecule has 4 aliphatic rings. The van der Waals surface area contributed by atoms with Crippen molar-refractivity contribution in [3.63, 3.8) is 0 Å². The molecule has 5 rings (SSSR count). The van der Waals surface area contributed by atoms with Gasteiger partial charge in [-0.2, -0.15) is 0 Å². The Hall–Kier alpha value is -2.65. The number of morpholine rings is 1. The Morgan fingerprint density at radius 2 is 1.71 bits per heavy atom. The average molecular weight is 428 g/mol. The monoisotopic (exact) mass is 427 g/mol. The zero-order valence-corrected chi connectivity index (χ0v) is 18.2. The van der Waals surface area contributed by atoms with Crippen LogP contribution in [0.5, 0.6) is 0 Å². The molecule has 4 aliphatic heterocycles. The largest absolute Gasteiger partial charge is 0.372 e. The number of nitrogens with zero attached hydrogens (tertiary/aromatic N) is 3. The van der Waals surface area contributed by atoms with E-state index in [-0.39, 0.29) is 18.6 Å². The molecular weight excluding hydrogens is 398 g/mol. The standard InChI is InChI=1S/C22H29N5O4/c1-13-12-27-17-5-4-16(26-8-6-25(3)7-9-26)10-15(17)11-22(18(27)14(2)31-13)19(28)23-21(30)24-20(22)29/h4-5,10,13-14,18H,6-9,11-12H2,1-3H3,(H2,23,24,28,29,30)/t13-,14+,18-/m1/s1. The fraction of sp³-hybridized carbons (Fsp3) is 0.591. The van der Waals surface area contributed by atoms with Crippen LogP contribution in [0.4, 0.5) is 16.2 Å². The van der Waals surface area contributed by atoms with Gasteiger partial charge in [-0.1, -0.05) is 0 Å². The number of imide groups is 2. The van der Waals surface area contributed by atoms with Crippen molar-refractivity contribution in [2.75, 3.05) is 49.6 Å². The second kappa shape index (κ2) is 7.20. The number of urea groups is 1. The maximum atomic E-state index is 13.2. The number of nitrogens with one attached hydrogen (secondary N) is 2. The van der Waals surface area contributed by atoms with Gasteiger partial charge in [0.05, 0.1) is 18.2 Å². The fourth-order valence-corrected chi connectivity index (χ4v) is 5.70. The molecule has 1 aromatic carbocycles. The summed E-state index contributed by atoms with van der Waals surface area (Å²) in [5.41, 5.74) is 1.67. The molecule has 0 aromatic heterocycles. The van der Waals surface area contributed by atoms with Crippen LogP contribution in [0.15, 0.2) is 18.2 Å². The summed E-state index contributed by atoms with van der Waals surface area (Å²) in [4.78, 5) is 45.0. The molecule has 2 N–H and O–H groups in total. The second-order valence-corrected chi connectivity index (χ2v) is 9.24. The Bertz CT molecular complexity index is 922. The van der Waals surface area contributed by atoms with Gasteiger partial charge < -0.3 is 19.4 Å². The Balaban J connectivity index is 1.59. The Labute approximate surface area is 181 Å². The van der Waals surface area contributed by atoms with Crippen molar-refractivity contribution in [3.05, 3.63) is 23.8 Å². The van der Waals surface area contributed by atoms with E-state index in [2.05, 4.69) is 50.6 Å². The molecule has 9 nitrogen and oxygen atoms in total. The van der Waals surface area contributed by atoms with E-state index in [1.54, 1.807) is 0 Å². The third kappa shape index (κ3) is 3.10. The quantitative estimate of drug-likeness (QED) is 0.624. The number of rotatable bonds is 1. The SMILES string of the molecule is C[C@@H]1CN2c3ccc(N4CCN(C)CC4)cc3CC3(C(=O)NC(=O)NC3=O)[C@H]2[C@H](C)O1. The minimum absolute atomic E-state index is 0.0390. The molecule has 31 heavy (non-hydrogen) atoms. The molecule has 0 unspecified atom stereocenters. The highest BCUT2D eigenvalue weighted by Crippen LogP contribution is 2.47. The molecular formula is C22H29N5O4. The summed E-state index contributed by atoms with van der Waals surface area (Å²) in [6.45, 7) is 8.33. The van der Waals surface area contributed by atoms with Crippen molar-refractivity contribution < 1.29 is 19.1 Å². The Morgan fingerprint density at radius 1 is 1.03 bits per heavy atom. The number of barbiturate groups is 1. The molecule has 0 saturated carbocycles. The number of carbonyl (C=O) groups excluding carboxylic acids is 3. The van der Waals surface area contributed by atoms with Crippen molar-refractivity contribution in [2.45, 2.75) is 38.5 Å². The van der Waals surface area contributed by atoms with Gasteiger partial charge in [0.15, 0.2) is 5.41 Å². The fourth-order valence-electron chi connectivity index (χ4n) is 5.70. The molecule has 3 saturated heterocycles. The molecule has 0 radical (unpaired) electrons. The molecule has 166 valence electrons. The molecule has 0 aliphatic carbocycles. The van der Waals surface area contributed by atoms with Crippen molar-refractivity contribution in [2.24, 2.45) is 5.41 Å². The van der Waals surface area contributed by atoms with Gasteiger partial charge in [0, 0.05) is 44.1 Å². The van der Waals surface area contributed by atoms with Crippen LogP contribution < -0.4 is 20.4 Å². The number of carbonyl (C=O) groups is 3. The van der Waals surface area contributed by atoms with Crippen LogP contribution in [0.1, 0.15) is 19.4 Å². The number of anilines is 2. The number of ether oxygens (including phenoxy) is 1. The van der Waals surface area contributed by atoms with E-state index in [0.717, 1.165) is 43.1 Å². The van der Waals surface area contributed by atoms with E-state index >= 15 is 0 Å². The van der Waals surface area contributed by atoms with Crippen LogP contribution in [0.25, 0.3) is 0 Å². The van der Waals surface area contributed by atoms with Crippen LogP contribution in [0.3, 0.4) is 0 Å². The normalized spacial score (nSPS) is 30.5. The van der Waals surface area contributed by atoms with E-state index in [9.17, 15) is 14.4 Å². The van der Waals surface area contributed by atoms with E-state index in [4.69, 9.17) is 4.74 Å². The first kappa shape index (κ1) is 20.3. The smallest absolute Gasteiger partial charge is 0.328 e. The highest BCUT2D eigenvalue weighted by Gasteiger charge is 2.62. The van der Waals surface area contributed by atoms with Gasteiger partial charge in [0.25, 0.3) is 0 Å². The number of fused-ring (bicyclic) bond motifs is 4. The number of hydrogen-bond donors (Lipinski definition) is 2. The lowest BCUT2D eigenvalue weighted by Gasteiger charge is -2.55. The molecule has 3 atom stereocenters. The summed E-state index contributed by atoms with van der Waals surface area (Å²) in [6, 6.07) is 5.10. The van der Waals surface area contributed by atoms with Gasteiger partial charge in [-0.05, 0) is 51.1 Å². The lowest BCUT2D eigenvalue weighted by atomic mass is 9.66. The first-order valence-electron chi connectivity index (χ1n) is 10.9. The highest BCUT2D eigenvalue weighted by molar-refractivity contribution is 6.20. The third-order valence-corrected chi connectivity index (χ3v) is 7.16. The summed E-state index contributed by atoms with van der Waals surface area (Å²) in [7, 11) is 2.12. The van der Waals surface area contributed by atoms with E-state index in [0.29, 0.717) is 6.54 Å². The summed E-state index contributed by atoms with van der Waals surface area (Å²) in [6.07, 6.45) is -0.153. The van der Waals surface area contributed by atoms with Crippen molar-refractivity contribution in [1.82, 2.24) is 15.5 Å². The van der Waals surface area contributed by atoms with Crippen LogP contribution >= 0.6 is 0 Å². The van der Waals surface area contributed by atoms with E-state index in [1.807, 2.05) is 13.8 Å². The highest BCUT2D eigenvalue weighted by atomic mass is 16.5. The minimum atomic E-state index is -1.42. The molecule has 3 fully saturated rings. The average Bonchev–Trinajstić information content (AvgIpc) is 2.71. The lowest BCUT2D eigenvalue weighted by molar-refractivity contribution is -0.153. The predicted octanol–water partition coefficient (Wildman–Crippen LogP) is 0.329. The van der Waals surface area contributed by atoms with Crippen molar-refractivity contribution in [1.29, 1.82) is 0 Å². The zero-order chi connectivity index (χ0) is 21.9. The summed E-state index contributed by atoms with van der Waals surface area (Å²) >= 11 is 0. The van der Waals surface area contributed by atoms with Crippen LogP contribution in [0.2, 0.25) is 0 Å². The van der Waals surface area contributed by atoms with Crippen LogP contribution in [-0.2, 0) is 20.7 Å². The number of hydrogen-bond acceptors (Lipinski definition) is 7. The van der Waals surface area contributed by atoms with Crippen molar-refractivity contribution >= 4 is 29.2 Å². The number of piperazine rings is 1. The number of benzene rings is 1. The van der Waals surface area contributed by atoms with E-state index < -0.39 is 29.3 Å². The predicted molar refractivity (Wildman–Crippen MR) is 115 cm³/mol. The zero-order valence-electron chi connectivity index (χ0n) is 18.2. The van der Waals surface area contributed by atoms with Crippen LogP contribution in [0, 0.1) is 5.41 Å². The number of likely N-dealkylation sites (N-methyl/N-ethyl adjacent to an activating group) is 1. The summed E-state index contributed by atoms with van der Waals surface area (Å²) < 4.78 is 6.05. The summed E-state index contributed by atoms with van der Waals surface area (Å²) in [5, 5.41) is 4.68.